The maximum atomic E-state index is 14.0. The molecule has 2 atom stereocenters. The van der Waals surface area contributed by atoms with Crippen LogP contribution in [-0.2, 0) is 27.2 Å². The number of hydrogen-bond donors (Lipinski definition) is 4. The number of rotatable bonds is 16. The predicted molar refractivity (Wildman–Crippen MR) is 208 cm³/mol. The Morgan fingerprint density at radius 3 is 1.60 bits per heavy atom. The maximum Gasteiger partial charge on any atom is 0.287 e. The van der Waals surface area contributed by atoms with Crippen molar-refractivity contribution in [1.29, 1.82) is 0 Å². The summed E-state index contributed by atoms with van der Waals surface area (Å²) in [4.78, 5) is 53.9. The third kappa shape index (κ3) is 12.8. The molecule has 0 aliphatic rings. The standard InChI is InChI=1S/C40H44N4O4S2/c1-2-50(40(48)42-30-28-35-21-13-6-14-22-35,44-38(46)26-24-33-17-9-4-10-18-33)49-31-36(39(47)41-29-27-34-19-11-5-12-20-34)43-37(45)25-23-32-15-7-3-8-16-32/h3-26,36H,2,27-31H2,1H3,(H,41,47)(H,42,48)(H,43,45)(H,44,46). The van der Waals surface area contributed by atoms with Gasteiger partial charge in [0.1, 0.15) is 6.04 Å². The number of carbonyl (C=O) groups excluding carboxylic acids is 4. The SMILES string of the molecule is CCS(NC(=O)C=Cc1ccccc1)(SCC(NC(=O)C=Cc1ccccc1)C(=O)NCCc1ccccc1)C(=O)NCCc1ccccc1. The molecule has 8 nitrogen and oxygen atoms in total. The van der Waals surface area contributed by atoms with E-state index in [-0.39, 0.29) is 16.9 Å². The van der Waals surface area contributed by atoms with Crippen LogP contribution in [0.25, 0.3) is 12.2 Å². The van der Waals surface area contributed by atoms with Gasteiger partial charge in [0, 0.05) is 36.7 Å². The number of carbonyl (C=O) groups is 4. The zero-order valence-corrected chi connectivity index (χ0v) is 29.8. The van der Waals surface area contributed by atoms with Crippen LogP contribution < -0.4 is 20.7 Å². The lowest BCUT2D eigenvalue weighted by molar-refractivity contribution is -0.126. The van der Waals surface area contributed by atoms with Gasteiger partial charge in [-0.3, -0.25) is 23.9 Å². The van der Waals surface area contributed by atoms with E-state index in [0.717, 1.165) is 22.3 Å². The van der Waals surface area contributed by atoms with E-state index < -0.39 is 27.1 Å². The van der Waals surface area contributed by atoms with Gasteiger partial charge >= 0.3 is 0 Å². The highest BCUT2D eigenvalue weighted by Gasteiger charge is 2.35. The first-order chi connectivity index (χ1) is 24.4. The number of hydrogen-bond acceptors (Lipinski definition) is 5. The Kier molecular flexibility index (Phi) is 15.4. The number of benzene rings is 4. The van der Waals surface area contributed by atoms with Crippen LogP contribution in [0.15, 0.2) is 133 Å². The zero-order valence-electron chi connectivity index (χ0n) is 28.1. The molecule has 2 unspecified atom stereocenters. The van der Waals surface area contributed by atoms with Gasteiger partial charge in [-0.1, -0.05) is 139 Å². The Balaban J connectivity index is 1.51. The van der Waals surface area contributed by atoms with E-state index >= 15 is 0 Å². The lowest BCUT2D eigenvalue weighted by atomic mass is 10.1. The Bertz CT molecular complexity index is 1720. The normalized spacial score (nSPS) is 13.5. The number of nitrogens with one attached hydrogen (secondary N) is 4. The molecule has 50 heavy (non-hydrogen) atoms. The second kappa shape index (κ2) is 20.5. The molecule has 0 aliphatic heterocycles. The summed E-state index contributed by atoms with van der Waals surface area (Å²) in [7, 11) is -1.39. The minimum absolute atomic E-state index is 0.0556. The van der Waals surface area contributed by atoms with E-state index in [2.05, 4.69) is 20.7 Å². The van der Waals surface area contributed by atoms with Gasteiger partial charge in [-0.05, 0) is 56.5 Å². The van der Waals surface area contributed by atoms with Crippen LogP contribution in [0.2, 0.25) is 0 Å². The summed E-state index contributed by atoms with van der Waals surface area (Å²) in [6.45, 7) is 2.58. The summed E-state index contributed by atoms with van der Waals surface area (Å²) in [5.74, 6) is -0.879. The van der Waals surface area contributed by atoms with Crippen LogP contribution in [0.5, 0.6) is 0 Å². The molecule has 10 heteroatoms. The molecule has 4 aromatic rings. The van der Waals surface area contributed by atoms with E-state index in [0.29, 0.717) is 31.7 Å². The lowest BCUT2D eigenvalue weighted by Crippen LogP contribution is -2.49. The Labute approximate surface area is 300 Å². The lowest BCUT2D eigenvalue weighted by Gasteiger charge is -2.37. The Morgan fingerprint density at radius 1 is 0.640 bits per heavy atom. The minimum Gasteiger partial charge on any atom is -0.354 e. The van der Waals surface area contributed by atoms with Gasteiger partial charge in [-0.2, -0.15) is 0 Å². The Hall–Kier alpha value is -5.06. The van der Waals surface area contributed by atoms with Crippen LogP contribution >= 0.6 is 20.0 Å². The van der Waals surface area contributed by atoms with E-state index in [9.17, 15) is 19.2 Å². The molecule has 0 bridgehead atoms. The molecule has 4 rings (SSSR count). The molecule has 0 radical (unpaired) electrons. The monoisotopic (exact) mass is 708 g/mol. The molecule has 0 aromatic heterocycles. The maximum absolute atomic E-state index is 14.0. The van der Waals surface area contributed by atoms with Crippen LogP contribution in [0, 0.1) is 0 Å². The molecular weight excluding hydrogens is 665 g/mol. The molecule has 0 fully saturated rings. The summed E-state index contributed by atoms with van der Waals surface area (Å²) in [6.07, 6.45) is 7.40. The summed E-state index contributed by atoms with van der Waals surface area (Å²) in [6, 6.07) is 37.4. The van der Waals surface area contributed by atoms with Gasteiger partial charge in [0.05, 0.1) is 0 Å². The molecule has 4 N–H and O–H groups in total. The summed E-state index contributed by atoms with van der Waals surface area (Å²) < 4.78 is 3.01. The molecule has 0 saturated carbocycles. The van der Waals surface area contributed by atoms with E-state index in [1.165, 1.54) is 22.9 Å². The molecular formula is C40H44N4O4S2. The van der Waals surface area contributed by atoms with Crippen molar-refractivity contribution < 1.29 is 19.2 Å². The van der Waals surface area contributed by atoms with Crippen molar-refractivity contribution in [2.75, 3.05) is 24.6 Å². The number of amides is 4. The zero-order chi connectivity index (χ0) is 35.4. The van der Waals surface area contributed by atoms with Crippen molar-refractivity contribution in [1.82, 2.24) is 20.7 Å². The summed E-state index contributed by atoms with van der Waals surface area (Å²) >= 11 is 0. The molecule has 260 valence electrons. The first-order valence-electron chi connectivity index (χ1n) is 16.5. The molecule has 0 aliphatic carbocycles. The summed E-state index contributed by atoms with van der Waals surface area (Å²) in [5, 5.41) is 8.50. The minimum atomic E-state index is -2.59. The van der Waals surface area contributed by atoms with Gasteiger partial charge < -0.3 is 16.0 Å². The average Bonchev–Trinajstić information content (AvgIpc) is 3.15. The third-order valence-corrected chi connectivity index (χ3v) is 13.6. The van der Waals surface area contributed by atoms with Gasteiger partial charge in [-0.25, -0.2) is 0 Å². The molecule has 0 spiro atoms. The van der Waals surface area contributed by atoms with Crippen LogP contribution in [0.4, 0.5) is 4.79 Å². The van der Waals surface area contributed by atoms with Crippen LogP contribution in [0.3, 0.4) is 0 Å². The van der Waals surface area contributed by atoms with Gasteiger partial charge in [0.2, 0.25) is 11.8 Å². The van der Waals surface area contributed by atoms with E-state index in [4.69, 9.17) is 0 Å². The predicted octanol–water partition coefficient (Wildman–Crippen LogP) is 6.71. The van der Waals surface area contributed by atoms with Crippen molar-refractivity contribution in [3.05, 3.63) is 156 Å². The van der Waals surface area contributed by atoms with Crippen molar-refractivity contribution in [3.8, 4) is 0 Å². The quantitative estimate of drug-likeness (QED) is 0.0763. The third-order valence-electron chi connectivity index (χ3n) is 7.58. The second-order valence-corrected chi connectivity index (χ2v) is 16.7. The summed E-state index contributed by atoms with van der Waals surface area (Å²) in [5.41, 5.74) is 3.83. The smallest absolute Gasteiger partial charge is 0.287 e. The van der Waals surface area contributed by atoms with Gasteiger partial charge in [-0.15, -0.1) is 0 Å². The fourth-order valence-corrected chi connectivity index (χ4v) is 9.53. The molecule has 4 amide bonds. The Morgan fingerprint density at radius 2 is 1.10 bits per heavy atom. The van der Waals surface area contributed by atoms with Crippen LogP contribution in [-0.4, -0.2) is 53.6 Å². The van der Waals surface area contributed by atoms with Crippen molar-refractivity contribution >= 4 is 55.2 Å². The van der Waals surface area contributed by atoms with Crippen molar-refractivity contribution in [3.63, 3.8) is 0 Å². The highest BCUT2D eigenvalue weighted by Crippen LogP contribution is 2.57. The second-order valence-electron chi connectivity index (χ2n) is 11.2. The van der Waals surface area contributed by atoms with Crippen molar-refractivity contribution in [2.24, 2.45) is 0 Å². The molecule has 0 saturated heterocycles. The highest BCUT2D eigenvalue weighted by molar-refractivity contribution is 8.99. The van der Waals surface area contributed by atoms with Crippen molar-refractivity contribution in [2.45, 2.75) is 25.8 Å². The van der Waals surface area contributed by atoms with Crippen LogP contribution in [0.1, 0.15) is 29.2 Å². The highest BCUT2D eigenvalue weighted by atomic mass is 33.2. The first-order valence-corrected chi connectivity index (χ1v) is 19.8. The largest absolute Gasteiger partial charge is 0.354 e. The van der Waals surface area contributed by atoms with E-state index in [1.807, 2.05) is 128 Å². The molecule has 4 aromatic carbocycles. The average molecular weight is 709 g/mol. The fraction of sp³-hybridized carbons (Fsp3) is 0.200. The topological polar surface area (TPSA) is 116 Å². The molecule has 0 heterocycles. The van der Waals surface area contributed by atoms with E-state index in [1.54, 1.807) is 12.2 Å². The first kappa shape index (κ1) is 37.8. The fourth-order valence-electron chi connectivity index (χ4n) is 4.84. The van der Waals surface area contributed by atoms with Gasteiger partial charge in [0.15, 0.2) is 0 Å². The van der Waals surface area contributed by atoms with Gasteiger partial charge in [0.25, 0.3) is 11.1 Å².